The summed E-state index contributed by atoms with van der Waals surface area (Å²) >= 11 is 0. The van der Waals surface area contributed by atoms with Gasteiger partial charge in [-0.3, -0.25) is 9.59 Å². The van der Waals surface area contributed by atoms with Crippen molar-refractivity contribution in [1.82, 2.24) is 4.72 Å². The number of carbonyl (C=O) groups excluding carboxylic acids is 2. The summed E-state index contributed by atoms with van der Waals surface area (Å²) in [6, 6.07) is 0. The minimum absolute atomic E-state index is 0.0904. The first-order chi connectivity index (χ1) is 6.26. The van der Waals surface area contributed by atoms with E-state index in [2.05, 4.69) is 5.14 Å². The van der Waals surface area contributed by atoms with E-state index in [-0.39, 0.29) is 12.3 Å². The third-order valence-electron chi connectivity index (χ3n) is 1.41. The Hall–Kier alpha value is -0.950. The van der Waals surface area contributed by atoms with Gasteiger partial charge in [0.15, 0.2) is 0 Å². The average molecular weight is 221 g/mol. The van der Waals surface area contributed by atoms with Gasteiger partial charge in [0.05, 0.1) is 0 Å². The number of nitrogens with two attached hydrogens (primary N) is 1. The van der Waals surface area contributed by atoms with E-state index in [0.29, 0.717) is 0 Å². The number of amides is 1. The van der Waals surface area contributed by atoms with Gasteiger partial charge in [-0.15, -0.1) is 0 Å². The predicted octanol–water partition coefficient (Wildman–Crippen LogP) is -0.922. The van der Waals surface area contributed by atoms with Crippen molar-refractivity contribution < 1.29 is 18.0 Å². The predicted molar refractivity (Wildman–Crippen MR) is 49.9 cm³/mol. The van der Waals surface area contributed by atoms with Crippen molar-refractivity contribution in [2.45, 2.75) is 20.3 Å². The molecule has 0 bridgehead atoms. The molecule has 3 N–H and O–H groups in total. The third kappa shape index (κ3) is 5.65. The van der Waals surface area contributed by atoms with Crippen molar-refractivity contribution in [3.05, 3.63) is 0 Å². The number of hydrogen-bond donors (Lipinski definition) is 2. The largest absolute Gasteiger partial charge is 0.298 e. The second kappa shape index (κ2) is 5.06. The van der Waals surface area contributed by atoms with Crippen LogP contribution in [0.3, 0.4) is 0 Å². The van der Waals surface area contributed by atoms with Crippen LogP contribution in [0.15, 0.2) is 0 Å². The Labute approximate surface area is 83.0 Å². The Kier molecular flexibility index (Phi) is 4.72. The zero-order chi connectivity index (χ0) is 11.4. The lowest BCUT2D eigenvalue weighted by atomic mass is 9.98. The molecule has 6 nitrogen and oxygen atoms in total. The molecule has 0 rings (SSSR count). The summed E-state index contributed by atoms with van der Waals surface area (Å²) in [5.41, 5.74) is 0. The Morgan fingerprint density at radius 2 is 2.00 bits per heavy atom. The van der Waals surface area contributed by atoms with Gasteiger partial charge in [-0.25, -0.2) is 9.86 Å². The highest BCUT2D eigenvalue weighted by Crippen LogP contribution is 2.09. The zero-order valence-electron chi connectivity index (χ0n) is 7.98. The maximum atomic E-state index is 11.1. The van der Waals surface area contributed by atoms with Gasteiger partial charge in [0.1, 0.15) is 5.92 Å². The molecular formula is C7H13N2O4S. The lowest BCUT2D eigenvalue weighted by Crippen LogP contribution is -2.40. The van der Waals surface area contributed by atoms with Crippen molar-refractivity contribution in [2.24, 2.45) is 17.0 Å². The van der Waals surface area contributed by atoms with Gasteiger partial charge in [-0.1, -0.05) is 13.8 Å². The molecule has 0 aliphatic rings. The first-order valence-electron chi connectivity index (χ1n) is 3.98. The van der Waals surface area contributed by atoms with Crippen molar-refractivity contribution in [3.63, 3.8) is 0 Å². The van der Waals surface area contributed by atoms with Crippen LogP contribution in [0, 0.1) is 11.8 Å². The van der Waals surface area contributed by atoms with Crippen LogP contribution >= 0.6 is 0 Å². The minimum atomic E-state index is -4.09. The van der Waals surface area contributed by atoms with Crippen LogP contribution < -0.4 is 9.86 Å². The summed E-state index contributed by atoms with van der Waals surface area (Å²) in [7, 11) is -4.09. The first-order valence-corrected chi connectivity index (χ1v) is 5.53. The van der Waals surface area contributed by atoms with Gasteiger partial charge in [-0.05, 0) is 12.3 Å². The molecule has 7 heteroatoms. The van der Waals surface area contributed by atoms with Crippen LogP contribution in [0.2, 0.25) is 0 Å². The fourth-order valence-corrected chi connectivity index (χ4v) is 1.31. The van der Waals surface area contributed by atoms with Gasteiger partial charge in [-0.2, -0.15) is 8.42 Å². The third-order valence-corrected chi connectivity index (χ3v) is 1.89. The van der Waals surface area contributed by atoms with Crippen LogP contribution in [0.4, 0.5) is 0 Å². The molecule has 0 aromatic rings. The van der Waals surface area contributed by atoms with E-state index in [1.807, 2.05) is 0 Å². The SMILES string of the molecule is CC(C)CC([C]=O)C(=O)NS(N)(=O)=O. The molecule has 1 radical (unpaired) electrons. The molecular weight excluding hydrogens is 208 g/mol. The Balaban J connectivity index is 4.40. The monoisotopic (exact) mass is 221 g/mol. The average Bonchev–Trinajstić information content (AvgIpc) is 1.96. The van der Waals surface area contributed by atoms with Crippen LogP contribution in [0.1, 0.15) is 20.3 Å². The molecule has 0 aromatic heterocycles. The van der Waals surface area contributed by atoms with E-state index in [4.69, 9.17) is 0 Å². The van der Waals surface area contributed by atoms with E-state index in [0.717, 1.165) is 0 Å². The molecule has 1 atom stereocenters. The lowest BCUT2D eigenvalue weighted by Gasteiger charge is -2.10. The fourth-order valence-electron chi connectivity index (χ4n) is 0.891. The number of nitrogens with one attached hydrogen (secondary N) is 1. The topological polar surface area (TPSA) is 106 Å². The Morgan fingerprint density at radius 1 is 1.50 bits per heavy atom. The summed E-state index contributed by atoms with van der Waals surface area (Å²) in [6.45, 7) is 3.60. The molecule has 0 aromatic carbocycles. The number of rotatable bonds is 5. The van der Waals surface area contributed by atoms with Crippen molar-refractivity contribution in [3.8, 4) is 0 Å². The van der Waals surface area contributed by atoms with Gasteiger partial charge < -0.3 is 0 Å². The highest BCUT2D eigenvalue weighted by atomic mass is 32.2. The van der Waals surface area contributed by atoms with Gasteiger partial charge in [0, 0.05) is 0 Å². The van der Waals surface area contributed by atoms with E-state index in [9.17, 15) is 18.0 Å². The normalized spacial score (nSPS) is 13.7. The van der Waals surface area contributed by atoms with Crippen LogP contribution in [-0.2, 0) is 19.8 Å². The molecule has 0 saturated heterocycles. The molecule has 0 heterocycles. The van der Waals surface area contributed by atoms with Crippen LogP contribution in [0.5, 0.6) is 0 Å². The second-order valence-electron chi connectivity index (χ2n) is 3.31. The van der Waals surface area contributed by atoms with E-state index >= 15 is 0 Å². The van der Waals surface area contributed by atoms with Gasteiger partial charge >= 0.3 is 0 Å². The summed E-state index contributed by atoms with van der Waals surface area (Å²) in [5, 5.41) is 4.57. The van der Waals surface area contributed by atoms with Crippen LogP contribution in [-0.4, -0.2) is 20.6 Å². The fraction of sp³-hybridized carbons (Fsp3) is 0.714. The molecule has 0 saturated carbocycles. The highest BCUT2D eigenvalue weighted by Gasteiger charge is 2.22. The molecule has 81 valence electrons. The van der Waals surface area contributed by atoms with Crippen molar-refractivity contribution in [2.75, 3.05) is 0 Å². The van der Waals surface area contributed by atoms with E-state index < -0.39 is 22.0 Å². The summed E-state index contributed by atoms with van der Waals surface area (Å²) in [5.74, 6) is -1.93. The first kappa shape index (κ1) is 13.1. The summed E-state index contributed by atoms with van der Waals surface area (Å²) in [6.07, 6.45) is 1.71. The van der Waals surface area contributed by atoms with Crippen molar-refractivity contribution >= 4 is 22.4 Å². The maximum absolute atomic E-state index is 11.1. The minimum Gasteiger partial charge on any atom is -0.290 e. The smallest absolute Gasteiger partial charge is 0.290 e. The summed E-state index contributed by atoms with van der Waals surface area (Å²) in [4.78, 5) is 21.4. The van der Waals surface area contributed by atoms with Crippen LogP contribution in [0.25, 0.3) is 0 Å². The van der Waals surface area contributed by atoms with Gasteiger partial charge in [0.25, 0.3) is 10.2 Å². The zero-order valence-corrected chi connectivity index (χ0v) is 8.80. The maximum Gasteiger partial charge on any atom is 0.298 e. The molecule has 14 heavy (non-hydrogen) atoms. The Morgan fingerprint density at radius 3 is 2.29 bits per heavy atom. The number of carbonyl (C=O) groups is 1. The quantitative estimate of drug-likeness (QED) is 0.585. The highest BCUT2D eigenvalue weighted by molar-refractivity contribution is 7.87. The molecule has 1 amide bonds. The van der Waals surface area contributed by atoms with Crippen molar-refractivity contribution in [1.29, 1.82) is 0 Å². The summed E-state index contributed by atoms with van der Waals surface area (Å²) < 4.78 is 22.5. The molecule has 0 aliphatic carbocycles. The molecule has 0 aliphatic heterocycles. The van der Waals surface area contributed by atoms with E-state index in [1.165, 1.54) is 11.0 Å². The molecule has 0 fully saturated rings. The lowest BCUT2D eigenvalue weighted by molar-refractivity contribution is -0.121. The van der Waals surface area contributed by atoms with Gasteiger partial charge in [0.2, 0.25) is 12.2 Å². The standard InChI is InChI=1S/C7H13N2O4S/c1-5(2)3-6(4-10)7(11)9-14(8,12)13/h5-6H,3H2,1-2H3,(H,9,11)(H2,8,12,13). The molecule has 1 unspecified atom stereocenters. The van der Waals surface area contributed by atoms with E-state index in [1.54, 1.807) is 13.8 Å². The Bertz CT molecular complexity index is 310. The second-order valence-corrected chi connectivity index (χ2v) is 4.61. The molecule has 0 spiro atoms. The number of hydrogen-bond acceptors (Lipinski definition) is 4.